The first-order valence-corrected chi connectivity index (χ1v) is 17.9. The lowest BCUT2D eigenvalue weighted by molar-refractivity contribution is -0.0964. The van der Waals surface area contributed by atoms with Crippen LogP contribution in [0.15, 0.2) is 67.0 Å². The van der Waals surface area contributed by atoms with Gasteiger partial charge in [-0.15, -0.1) is 8.78 Å². The van der Waals surface area contributed by atoms with Crippen LogP contribution in [0.5, 0.6) is 5.75 Å². The Kier molecular flexibility index (Phi) is 14.9. The summed E-state index contributed by atoms with van der Waals surface area (Å²) in [5, 5.41) is 38.8. The van der Waals surface area contributed by atoms with Crippen molar-refractivity contribution in [3.63, 3.8) is 0 Å². The molecule has 1 fully saturated rings. The number of nitrogens with zero attached hydrogens (tertiary/aromatic N) is 4. The minimum absolute atomic E-state index is 0.173. The van der Waals surface area contributed by atoms with Crippen LogP contribution in [-0.4, -0.2) is 120 Å². The van der Waals surface area contributed by atoms with Gasteiger partial charge in [-0.3, -0.25) is 14.3 Å². The van der Waals surface area contributed by atoms with Crippen molar-refractivity contribution in [3.8, 4) is 17.0 Å². The van der Waals surface area contributed by atoms with Crippen LogP contribution in [-0.2, 0) is 20.8 Å². The number of carbonyl (C=O) groups is 2. The fourth-order valence-electron chi connectivity index (χ4n) is 5.78. The lowest BCUT2D eigenvalue weighted by Gasteiger charge is -2.21. The predicted molar refractivity (Wildman–Crippen MR) is 200 cm³/mol. The van der Waals surface area contributed by atoms with E-state index >= 15 is 0 Å². The smallest absolute Gasteiger partial charge is 0.423 e. The van der Waals surface area contributed by atoms with Crippen LogP contribution < -0.4 is 25.7 Å². The number of alkyl halides is 3. The highest BCUT2D eigenvalue weighted by atomic mass is 35.5. The van der Waals surface area contributed by atoms with Crippen LogP contribution in [0.4, 0.5) is 20.3 Å². The number of ether oxygens (including phenoxy) is 4. The highest BCUT2D eigenvalue weighted by Gasteiger charge is 2.28. The van der Waals surface area contributed by atoms with Gasteiger partial charge in [0, 0.05) is 60.4 Å². The molecule has 55 heavy (non-hydrogen) atoms. The minimum Gasteiger partial charge on any atom is -0.423 e. The van der Waals surface area contributed by atoms with Crippen molar-refractivity contribution < 1.29 is 52.5 Å². The number of aliphatic hydroxyl groups is 1. The molecular formula is C36H42BClF2N6O9. The van der Waals surface area contributed by atoms with E-state index in [4.69, 9.17) is 25.8 Å². The number of nitrogens with one attached hydrogen (secondary N) is 2. The number of aryl methyl sites for hydroxylation is 1. The third-order valence-electron chi connectivity index (χ3n) is 8.46. The van der Waals surface area contributed by atoms with Gasteiger partial charge in [0.25, 0.3) is 11.8 Å². The number of hydrogen-bond donors (Lipinski definition) is 5. The number of pyridine rings is 1. The molecule has 15 nitrogen and oxygen atoms in total. The number of aromatic nitrogens is 3. The Balaban J connectivity index is 1.05. The van der Waals surface area contributed by atoms with E-state index in [1.807, 2.05) is 4.90 Å². The third kappa shape index (κ3) is 12.4. The van der Waals surface area contributed by atoms with Gasteiger partial charge >= 0.3 is 12.7 Å². The second-order valence-electron chi connectivity index (χ2n) is 12.5. The lowest BCUT2D eigenvalue weighted by Crippen LogP contribution is -2.33. The third-order valence-corrected chi connectivity index (χ3v) is 8.54. The molecule has 0 radical (unpaired) electrons. The summed E-state index contributed by atoms with van der Waals surface area (Å²) in [6.45, 7) is 5.27. The number of rotatable bonds is 20. The summed E-state index contributed by atoms with van der Waals surface area (Å²) in [6, 6.07) is 13.4. The van der Waals surface area contributed by atoms with Crippen molar-refractivity contribution >= 4 is 47.5 Å². The minimum atomic E-state index is -3.86. The summed E-state index contributed by atoms with van der Waals surface area (Å²) in [4.78, 5) is 32.1. The fourth-order valence-corrected chi connectivity index (χ4v) is 5.87. The van der Waals surface area contributed by atoms with Crippen molar-refractivity contribution in [2.45, 2.75) is 31.6 Å². The second-order valence-corrected chi connectivity index (χ2v) is 12.9. The molecule has 1 aliphatic rings. The molecule has 2 amide bonds. The monoisotopic (exact) mass is 786 g/mol. The van der Waals surface area contributed by atoms with E-state index in [-0.39, 0.29) is 23.8 Å². The van der Waals surface area contributed by atoms with E-state index in [9.17, 15) is 33.5 Å². The molecule has 3 heterocycles. The maximum atomic E-state index is 13.2. The first-order valence-electron chi connectivity index (χ1n) is 17.5. The average molecular weight is 787 g/mol. The van der Waals surface area contributed by atoms with Gasteiger partial charge in [0.1, 0.15) is 11.6 Å². The van der Waals surface area contributed by atoms with E-state index in [1.165, 1.54) is 42.6 Å². The highest BCUT2D eigenvalue weighted by Crippen LogP contribution is 2.32. The molecule has 0 saturated carbocycles. The molecule has 0 aliphatic carbocycles. The van der Waals surface area contributed by atoms with Crippen LogP contribution in [0.1, 0.15) is 32.7 Å². The van der Waals surface area contributed by atoms with Gasteiger partial charge in [0.2, 0.25) is 0 Å². The molecule has 0 bridgehead atoms. The summed E-state index contributed by atoms with van der Waals surface area (Å²) in [5.74, 6) is -0.361. The Bertz CT molecular complexity index is 1880. The SMILES string of the molecule is Cc1cc(C(=O)NCCOCCOCCOCCn2nccc2-c2cc(C(=O)Nc3ccc(OC(F)(F)Cl)cc3)cnc2N2CC[C@@H](O)C2)ccc1B(O)O. The van der Waals surface area contributed by atoms with Crippen LogP contribution in [0, 0.1) is 6.92 Å². The zero-order chi connectivity index (χ0) is 39.4. The number of hydrogen-bond acceptors (Lipinski definition) is 12. The van der Waals surface area contributed by atoms with Crippen LogP contribution >= 0.6 is 11.6 Å². The van der Waals surface area contributed by atoms with Gasteiger partial charge in [0.05, 0.1) is 63.5 Å². The molecule has 1 atom stereocenters. The van der Waals surface area contributed by atoms with Gasteiger partial charge in [0.15, 0.2) is 0 Å². The molecule has 19 heteroatoms. The first-order chi connectivity index (χ1) is 26.4. The van der Waals surface area contributed by atoms with Gasteiger partial charge in [-0.2, -0.15) is 5.10 Å². The second kappa shape index (κ2) is 19.8. The van der Waals surface area contributed by atoms with Crippen LogP contribution in [0.2, 0.25) is 0 Å². The van der Waals surface area contributed by atoms with E-state index in [0.29, 0.717) is 105 Å². The van der Waals surface area contributed by atoms with Crippen molar-refractivity contribution in [3.05, 3.63) is 83.7 Å². The lowest BCUT2D eigenvalue weighted by atomic mass is 9.77. The zero-order valence-electron chi connectivity index (χ0n) is 30.0. The molecule has 5 rings (SSSR count). The molecule has 1 saturated heterocycles. The normalized spacial score (nSPS) is 14.2. The number of halogens is 3. The van der Waals surface area contributed by atoms with Crippen LogP contribution in [0.3, 0.4) is 0 Å². The predicted octanol–water partition coefficient (Wildman–Crippen LogP) is 2.40. The Morgan fingerprint density at radius 3 is 2.33 bits per heavy atom. The van der Waals surface area contributed by atoms with Crippen molar-refractivity contribution in [2.24, 2.45) is 0 Å². The van der Waals surface area contributed by atoms with E-state index < -0.39 is 24.7 Å². The quantitative estimate of drug-likeness (QED) is 0.0501. The number of anilines is 2. The fraction of sp³-hybridized carbons (Fsp3) is 0.389. The molecule has 294 valence electrons. The Hall–Kier alpha value is -4.69. The van der Waals surface area contributed by atoms with E-state index in [1.54, 1.807) is 36.0 Å². The largest absolute Gasteiger partial charge is 0.488 e. The number of β-amino-alcohol motifs (C(OH)–C–C–N with tert-alkyl or cyclic N) is 1. The van der Waals surface area contributed by atoms with E-state index in [2.05, 4.69) is 25.5 Å². The summed E-state index contributed by atoms with van der Waals surface area (Å²) in [5.41, 5.74) is -0.614. The summed E-state index contributed by atoms with van der Waals surface area (Å²) < 4.78 is 48.8. The molecule has 1 aliphatic heterocycles. The van der Waals surface area contributed by atoms with Gasteiger partial charge < -0.3 is 49.6 Å². The zero-order valence-corrected chi connectivity index (χ0v) is 30.8. The molecule has 4 aromatic rings. The molecule has 2 aromatic heterocycles. The van der Waals surface area contributed by atoms with Crippen molar-refractivity contribution in [1.82, 2.24) is 20.1 Å². The molecule has 5 N–H and O–H groups in total. The molecular weight excluding hydrogens is 745 g/mol. The molecule has 0 unspecified atom stereocenters. The topological polar surface area (TPSA) is 190 Å². The average Bonchev–Trinajstić information content (AvgIpc) is 3.80. The van der Waals surface area contributed by atoms with Crippen LogP contribution in [0.25, 0.3) is 11.3 Å². The maximum absolute atomic E-state index is 13.2. The van der Waals surface area contributed by atoms with Crippen molar-refractivity contribution in [2.75, 3.05) is 69.5 Å². The number of benzene rings is 2. The summed E-state index contributed by atoms with van der Waals surface area (Å²) >= 11 is 4.82. The molecule has 2 aromatic carbocycles. The summed E-state index contributed by atoms with van der Waals surface area (Å²) in [7, 11) is -1.59. The number of aliphatic hydroxyl groups excluding tert-OH is 1. The first kappa shape index (κ1) is 41.5. The Morgan fingerprint density at radius 1 is 0.964 bits per heavy atom. The number of amides is 2. The molecule has 0 spiro atoms. The van der Waals surface area contributed by atoms with Crippen molar-refractivity contribution in [1.29, 1.82) is 0 Å². The number of carbonyl (C=O) groups excluding carboxylic acids is 2. The van der Waals surface area contributed by atoms with Gasteiger partial charge in [-0.1, -0.05) is 11.6 Å². The standard InChI is InChI=1S/C36H42BClF2N6O9/c1-24-20-25(2-7-31(24)37(50)51)34(48)41-11-14-52-16-18-54-19-17-53-15-13-46-32(8-10-43-46)30-21-26(22-42-33(30)45-12-9-28(47)23-45)35(49)44-27-3-5-29(6-4-27)55-36(38,39)40/h2-8,10,20-22,28,47,50-51H,9,11-19,23H2,1H3,(H,41,48)(H,44,49)/t28-/m1/s1. The Labute approximate surface area is 321 Å². The maximum Gasteiger partial charge on any atom is 0.488 e. The van der Waals surface area contributed by atoms with Gasteiger partial charge in [-0.05, 0) is 67.3 Å². The van der Waals surface area contributed by atoms with Gasteiger partial charge in [-0.25, -0.2) is 4.98 Å². The Morgan fingerprint density at radius 2 is 1.67 bits per heavy atom. The summed E-state index contributed by atoms with van der Waals surface area (Å²) in [6.07, 6.45) is 3.14. The highest BCUT2D eigenvalue weighted by molar-refractivity contribution is 6.59. The van der Waals surface area contributed by atoms with E-state index in [0.717, 1.165) is 0 Å².